The molecule has 3 heteroatoms. The van der Waals surface area contributed by atoms with Gasteiger partial charge in [0.2, 0.25) is 0 Å². The Morgan fingerprint density at radius 1 is 0.339 bits per heavy atom. The van der Waals surface area contributed by atoms with Crippen molar-refractivity contribution in [3.05, 3.63) is 228 Å². The first kappa shape index (κ1) is 32.2. The van der Waals surface area contributed by atoms with Gasteiger partial charge in [0.25, 0.3) is 0 Å². The van der Waals surface area contributed by atoms with Crippen LogP contribution in [0.25, 0.3) is 88.4 Å². The van der Waals surface area contributed by atoms with Gasteiger partial charge in [0.05, 0.1) is 39.1 Å². The molecule has 0 amide bonds. The van der Waals surface area contributed by atoms with Crippen molar-refractivity contribution in [2.45, 2.75) is 5.41 Å². The van der Waals surface area contributed by atoms with E-state index in [-0.39, 0.29) is 0 Å². The van der Waals surface area contributed by atoms with Gasteiger partial charge < -0.3 is 9.13 Å². The monoisotopic (exact) mass is 747 g/mol. The zero-order valence-corrected chi connectivity index (χ0v) is 31.9. The molecule has 0 saturated heterocycles. The highest BCUT2D eigenvalue weighted by atomic mass is 15.0. The second kappa shape index (κ2) is 11.8. The van der Waals surface area contributed by atoms with E-state index in [1.54, 1.807) is 0 Å². The van der Waals surface area contributed by atoms with Crippen molar-refractivity contribution in [1.82, 2.24) is 9.13 Å². The van der Waals surface area contributed by atoms with E-state index in [0.29, 0.717) is 5.56 Å². The Balaban J connectivity index is 1.02. The average molecular weight is 748 g/mol. The van der Waals surface area contributed by atoms with Crippen LogP contribution in [-0.4, -0.2) is 9.13 Å². The molecule has 2 aromatic heterocycles. The summed E-state index contributed by atoms with van der Waals surface area (Å²) < 4.78 is 4.81. The molecular weight excluding hydrogens is 715 g/mol. The predicted molar refractivity (Wildman–Crippen MR) is 242 cm³/mol. The summed E-state index contributed by atoms with van der Waals surface area (Å²) in [6, 6.07) is 75.4. The molecular formula is C56H33N3. The number of nitriles is 1. The van der Waals surface area contributed by atoms with E-state index in [9.17, 15) is 5.26 Å². The number of hydrogen-bond acceptors (Lipinski definition) is 1. The summed E-state index contributed by atoms with van der Waals surface area (Å²) in [7, 11) is 0. The summed E-state index contributed by atoms with van der Waals surface area (Å²) in [6.07, 6.45) is 0. The Bertz CT molecular complexity index is 3620. The van der Waals surface area contributed by atoms with E-state index in [4.69, 9.17) is 0 Å². The van der Waals surface area contributed by atoms with Gasteiger partial charge >= 0.3 is 0 Å². The highest BCUT2D eigenvalue weighted by Gasteiger charge is 2.51. The highest BCUT2D eigenvalue weighted by molar-refractivity contribution is 6.13. The molecule has 1 unspecified atom stereocenters. The molecule has 0 saturated carbocycles. The normalized spacial score (nSPS) is 14.8. The number of hydrogen-bond donors (Lipinski definition) is 0. The first-order valence-electron chi connectivity index (χ1n) is 20.2. The number of rotatable bonds is 3. The summed E-state index contributed by atoms with van der Waals surface area (Å²) in [5.74, 6) is 0. The first-order valence-corrected chi connectivity index (χ1v) is 20.2. The van der Waals surface area contributed by atoms with Crippen molar-refractivity contribution in [2.75, 3.05) is 0 Å². The summed E-state index contributed by atoms with van der Waals surface area (Å²) >= 11 is 0. The summed E-state index contributed by atoms with van der Waals surface area (Å²) in [6.45, 7) is 0. The van der Waals surface area contributed by atoms with E-state index in [2.05, 4.69) is 209 Å². The molecule has 11 aromatic rings. The van der Waals surface area contributed by atoms with Gasteiger partial charge in [-0.15, -0.1) is 0 Å². The molecule has 272 valence electrons. The van der Waals surface area contributed by atoms with Gasteiger partial charge in [0.1, 0.15) is 0 Å². The van der Waals surface area contributed by atoms with Gasteiger partial charge in [-0.1, -0.05) is 127 Å². The second-order valence-corrected chi connectivity index (χ2v) is 15.9. The molecule has 3 nitrogen and oxygen atoms in total. The average Bonchev–Trinajstić information content (AvgIpc) is 4.00. The molecule has 0 aliphatic heterocycles. The number of nitrogens with zero attached hydrogens (tertiary/aromatic N) is 3. The van der Waals surface area contributed by atoms with Gasteiger partial charge in [0.15, 0.2) is 0 Å². The summed E-state index contributed by atoms with van der Waals surface area (Å²) in [5.41, 5.74) is 19.4. The topological polar surface area (TPSA) is 33.6 Å². The van der Waals surface area contributed by atoms with Crippen molar-refractivity contribution >= 4 is 43.6 Å². The molecule has 0 fully saturated rings. The quantitative estimate of drug-likeness (QED) is 0.177. The minimum Gasteiger partial charge on any atom is -0.309 e. The van der Waals surface area contributed by atoms with Gasteiger partial charge in [-0.25, -0.2) is 0 Å². The Hall–Kier alpha value is -7.93. The number of benzene rings is 9. The molecule has 9 aromatic carbocycles. The molecule has 0 N–H and O–H groups in total. The minimum atomic E-state index is -0.547. The lowest BCUT2D eigenvalue weighted by molar-refractivity contribution is 0.792. The Kier molecular flexibility index (Phi) is 6.44. The smallest absolute Gasteiger partial charge is 0.0991 e. The maximum atomic E-state index is 10.1. The number of fused-ring (bicyclic) bond motifs is 16. The molecule has 1 spiro atoms. The lowest BCUT2D eigenvalue weighted by Crippen LogP contribution is -2.26. The lowest BCUT2D eigenvalue weighted by Gasteiger charge is -2.31. The molecule has 59 heavy (non-hydrogen) atoms. The fraction of sp³-hybridized carbons (Fsp3) is 0.0179. The van der Waals surface area contributed by atoms with Crippen molar-refractivity contribution in [3.63, 3.8) is 0 Å². The third-order valence-electron chi connectivity index (χ3n) is 13.2. The molecule has 1 atom stereocenters. The van der Waals surface area contributed by atoms with Crippen LogP contribution in [0.2, 0.25) is 0 Å². The SMILES string of the molecule is N#Cc1ccc2c(c1)C1(c3ccccc3-2)c2ccccc2-c2ccc(-n3c4ccccc4c4cc(-c5ccc6c(c5)c5ccccc5n6-c5ccccc5)ccc43)cc21. The molecule has 2 heterocycles. The number of para-hydroxylation sites is 3. The van der Waals surface area contributed by atoms with Gasteiger partial charge in [-0.2, -0.15) is 5.26 Å². The van der Waals surface area contributed by atoms with E-state index in [1.807, 2.05) is 6.07 Å². The van der Waals surface area contributed by atoms with E-state index in [1.165, 1.54) is 99.2 Å². The van der Waals surface area contributed by atoms with Crippen LogP contribution in [0.1, 0.15) is 27.8 Å². The van der Waals surface area contributed by atoms with Gasteiger partial charge in [-0.05, 0) is 128 Å². The maximum absolute atomic E-state index is 10.1. The van der Waals surface area contributed by atoms with Crippen molar-refractivity contribution in [2.24, 2.45) is 0 Å². The zero-order valence-electron chi connectivity index (χ0n) is 31.9. The van der Waals surface area contributed by atoms with Crippen LogP contribution in [0.3, 0.4) is 0 Å². The Morgan fingerprint density at radius 3 is 1.42 bits per heavy atom. The van der Waals surface area contributed by atoms with Crippen molar-refractivity contribution in [3.8, 4) is 50.8 Å². The second-order valence-electron chi connectivity index (χ2n) is 15.9. The van der Waals surface area contributed by atoms with Crippen LogP contribution in [0, 0.1) is 11.3 Å². The molecule has 2 aliphatic rings. The molecule has 2 aliphatic carbocycles. The van der Waals surface area contributed by atoms with Crippen LogP contribution in [0.5, 0.6) is 0 Å². The van der Waals surface area contributed by atoms with Crippen LogP contribution in [0.15, 0.2) is 200 Å². The van der Waals surface area contributed by atoms with Crippen LogP contribution < -0.4 is 0 Å². The third kappa shape index (κ3) is 4.20. The van der Waals surface area contributed by atoms with E-state index in [0.717, 1.165) is 11.4 Å². The summed E-state index contributed by atoms with van der Waals surface area (Å²) in [5, 5.41) is 15.1. The Labute approximate surface area is 340 Å². The number of aromatic nitrogens is 2. The van der Waals surface area contributed by atoms with Gasteiger partial charge in [-0.3, -0.25) is 0 Å². The maximum Gasteiger partial charge on any atom is 0.0991 e. The fourth-order valence-corrected chi connectivity index (χ4v) is 10.8. The van der Waals surface area contributed by atoms with E-state index >= 15 is 0 Å². The standard InChI is InChI=1S/C56H33N3/c57-34-35-22-26-42-40-14-4-8-18-48(40)56(50(42)30-35)49-19-9-5-15-41(49)43-27-25-39(33-51(43)56)59-53-21-11-7-17-45(53)47-32-37(24-29-55(47)59)36-23-28-54-46(31-36)44-16-6-10-20-52(44)58(54)38-12-2-1-3-13-38/h1-33H. The third-order valence-corrected chi connectivity index (χ3v) is 13.2. The Morgan fingerprint density at radius 2 is 0.814 bits per heavy atom. The van der Waals surface area contributed by atoms with Gasteiger partial charge in [0, 0.05) is 32.9 Å². The largest absolute Gasteiger partial charge is 0.309 e. The molecule has 0 bridgehead atoms. The fourth-order valence-electron chi connectivity index (χ4n) is 10.8. The summed E-state index contributed by atoms with van der Waals surface area (Å²) in [4.78, 5) is 0. The van der Waals surface area contributed by atoms with Crippen LogP contribution in [-0.2, 0) is 5.41 Å². The van der Waals surface area contributed by atoms with Crippen molar-refractivity contribution < 1.29 is 0 Å². The van der Waals surface area contributed by atoms with E-state index < -0.39 is 5.41 Å². The zero-order chi connectivity index (χ0) is 38.8. The predicted octanol–water partition coefficient (Wildman–Crippen LogP) is 13.8. The lowest BCUT2D eigenvalue weighted by atomic mass is 9.70. The first-order chi connectivity index (χ1) is 29.2. The molecule has 0 radical (unpaired) electrons. The van der Waals surface area contributed by atoms with Crippen molar-refractivity contribution in [1.29, 1.82) is 5.26 Å². The van der Waals surface area contributed by atoms with Crippen LogP contribution in [0.4, 0.5) is 0 Å². The minimum absolute atomic E-state index is 0.547. The highest BCUT2D eigenvalue weighted by Crippen LogP contribution is 2.63. The van der Waals surface area contributed by atoms with Crippen LogP contribution >= 0.6 is 0 Å². The molecule has 13 rings (SSSR count).